The predicted octanol–water partition coefficient (Wildman–Crippen LogP) is 2.31. The third-order valence-electron chi connectivity index (χ3n) is 2.35. The molecule has 15 heavy (non-hydrogen) atoms. The lowest BCUT2D eigenvalue weighted by atomic mass is 9.98. The van der Waals surface area contributed by atoms with Crippen molar-refractivity contribution in [2.24, 2.45) is 5.73 Å². The van der Waals surface area contributed by atoms with Gasteiger partial charge in [-0.15, -0.1) is 0 Å². The number of halogens is 2. The van der Waals surface area contributed by atoms with Crippen molar-refractivity contribution in [1.82, 2.24) is 0 Å². The number of rotatable bonds is 4. The molecule has 1 unspecified atom stereocenters. The molecule has 84 valence electrons. The molecule has 0 aliphatic heterocycles. The molecule has 0 aliphatic rings. The van der Waals surface area contributed by atoms with Crippen LogP contribution in [0.1, 0.15) is 35.6 Å². The molecule has 2 nitrogen and oxygen atoms in total. The summed E-state index contributed by atoms with van der Waals surface area (Å²) in [4.78, 5) is 0. The first-order valence-corrected chi connectivity index (χ1v) is 4.83. The molecule has 4 heteroatoms. The van der Waals surface area contributed by atoms with E-state index in [1.807, 2.05) is 0 Å². The molecule has 1 aromatic rings. The molecule has 0 aromatic heterocycles. The highest BCUT2D eigenvalue weighted by molar-refractivity contribution is 5.33. The summed E-state index contributed by atoms with van der Waals surface area (Å²) in [5.74, 6) is 0. The summed E-state index contributed by atoms with van der Waals surface area (Å²) in [5, 5.41) is 9.68. The second kappa shape index (κ2) is 5.19. The lowest BCUT2D eigenvalue weighted by Gasteiger charge is -2.14. The minimum absolute atomic E-state index is 0.0633. The summed E-state index contributed by atoms with van der Waals surface area (Å²) in [6.45, 7) is 2.11. The first-order valence-electron chi connectivity index (χ1n) is 4.83. The molecule has 0 heterocycles. The number of alkyl halides is 2. The molecule has 0 bridgehead atoms. The first-order chi connectivity index (χ1) is 7.06. The quantitative estimate of drug-likeness (QED) is 0.809. The van der Waals surface area contributed by atoms with Crippen molar-refractivity contribution in [2.45, 2.75) is 25.9 Å². The molecule has 0 spiro atoms. The molecule has 0 saturated carbocycles. The van der Waals surface area contributed by atoms with E-state index in [0.717, 1.165) is 5.56 Å². The Morgan fingerprint density at radius 1 is 1.40 bits per heavy atom. The highest BCUT2D eigenvalue weighted by atomic mass is 19.3. The van der Waals surface area contributed by atoms with Gasteiger partial charge in [-0.1, -0.05) is 12.1 Å². The Hall–Kier alpha value is -1.00. The fourth-order valence-electron chi connectivity index (χ4n) is 1.47. The number of benzene rings is 1. The van der Waals surface area contributed by atoms with Crippen LogP contribution < -0.4 is 5.73 Å². The van der Waals surface area contributed by atoms with Gasteiger partial charge in [-0.2, -0.15) is 0 Å². The monoisotopic (exact) mass is 215 g/mol. The van der Waals surface area contributed by atoms with E-state index in [4.69, 9.17) is 5.73 Å². The lowest BCUT2D eigenvalue weighted by Crippen LogP contribution is -2.08. The molecular weight excluding hydrogens is 200 g/mol. The van der Waals surface area contributed by atoms with Crippen LogP contribution in [0.5, 0.6) is 0 Å². The normalized spacial score (nSPS) is 13.2. The van der Waals surface area contributed by atoms with Crippen LogP contribution in [0.3, 0.4) is 0 Å². The van der Waals surface area contributed by atoms with E-state index in [1.54, 1.807) is 13.0 Å². The highest BCUT2D eigenvalue weighted by Gasteiger charge is 2.13. The van der Waals surface area contributed by atoms with E-state index in [1.165, 1.54) is 12.1 Å². The average Bonchev–Trinajstić information content (AvgIpc) is 2.18. The second-order valence-corrected chi connectivity index (χ2v) is 3.51. The molecular formula is C11H15F2NO. The van der Waals surface area contributed by atoms with Crippen molar-refractivity contribution in [3.63, 3.8) is 0 Å². The third kappa shape index (κ3) is 2.97. The maximum Gasteiger partial charge on any atom is 0.263 e. The van der Waals surface area contributed by atoms with Crippen LogP contribution in [0.4, 0.5) is 8.78 Å². The zero-order chi connectivity index (χ0) is 11.4. The zero-order valence-electron chi connectivity index (χ0n) is 8.58. The molecule has 0 saturated heterocycles. The number of aliphatic hydroxyl groups is 1. The van der Waals surface area contributed by atoms with Crippen LogP contribution >= 0.6 is 0 Å². The summed E-state index contributed by atoms with van der Waals surface area (Å²) >= 11 is 0. The van der Waals surface area contributed by atoms with Gasteiger partial charge in [-0.3, -0.25) is 0 Å². The van der Waals surface area contributed by atoms with Gasteiger partial charge < -0.3 is 10.8 Å². The van der Waals surface area contributed by atoms with Gasteiger partial charge in [0, 0.05) is 5.56 Å². The van der Waals surface area contributed by atoms with Crippen molar-refractivity contribution in [3.8, 4) is 0 Å². The van der Waals surface area contributed by atoms with Gasteiger partial charge in [0.05, 0.1) is 6.10 Å². The molecule has 1 atom stereocenters. The Morgan fingerprint density at radius 2 is 2.07 bits per heavy atom. The maximum atomic E-state index is 12.4. The first kappa shape index (κ1) is 12.1. The number of nitrogens with two attached hydrogens (primary N) is 1. The van der Waals surface area contributed by atoms with Gasteiger partial charge in [0.1, 0.15) is 0 Å². The maximum absolute atomic E-state index is 12.4. The number of aliphatic hydroxyl groups excluding tert-OH is 1. The van der Waals surface area contributed by atoms with E-state index in [2.05, 4.69) is 0 Å². The highest BCUT2D eigenvalue weighted by Crippen LogP contribution is 2.26. The van der Waals surface area contributed by atoms with E-state index in [9.17, 15) is 13.9 Å². The fourth-order valence-corrected chi connectivity index (χ4v) is 1.47. The predicted molar refractivity (Wildman–Crippen MR) is 54.8 cm³/mol. The standard InChI is InChI=1S/C11H15F2NO/c1-7-2-3-8(11(12)13)6-9(7)10(15)4-5-14/h2-3,6,10-11,15H,4-5,14H2,1H3. The largest absolute Gasteiger partial charge is 0.388 e. The Balaban J connectivity index is 2.99. The van der Waals surface area contributed by atoms with Crippen LogP contribution in [0.25, 0.3) is 0 Å². The van der Waals surface area contributed by atoms with Crippen LogP contribution in [-0.2, 0) is 0 Å². The van der Waals surface area contributed by atoms with Crippen LogP contribution in [-0.4, -0.2) is 11.7 Å². The molecule has 0 fully saturated rings. The van der Waals surface area contributed by atoms with Gasteiger partial charge in [0.15, 0.2) is 0 Å². The number of aryl methyl sites for hydroxylation is 1. The van der Waals surface area contributed by atoms with Gasteiger partial charge in [-0.05, 0) is 37.1 Å². The van der Waals surface area contributed by atoms with Crippen molar-refractivity contribution in [1.29, 1.82) is 0 Å². The number of hydrogen-bond acceptors (Lipinski definition) is 2. The summed E-state index contributed by atoms with van der Waals surface area (Å²) in [6, 6.07) is 4.32. The summed E-state index contributed by atoms with van der Waals surface area (Å²) in [6.07, 6.45) is -2.88. The van der Waals surface area contributed by atoms with Crippen molar-refractivity contribution in [3.05, 3.63) is 34.9 Å². The van der Waals surface area contributed by atoms with Crippen molar-refractivity contribution < 1.29 is 13.9 Å². The molecule has 1 aromatic carbocycles. The van der Waals surface area contributed by atoms with Crippen LogP contribution in [0.15, 0.2) is 18.2 Å². The van der Waals surface area contributed by atoms with Gasteiger partial charge in [0.25, 0.3) is 6.43 Å². The fraction of sp³-hybridized carbons (Fsp3) is 0.455. The zero-order valence-corrected chi connectivity index (χ0v) is 8.58. The van der Waals surface area contributed by atoms with Gasteiger partial charge in [-0.25, -0.2) is 8.78 Å². The van der Waals surface area contributed by atoms with E-state index in [0.29, 0.717) is 18.5 Å². The molecule has 0 radical (unpaired) electrons. The molecule has 1 rings (SSSR count). The minimum Gasteiger partial charge on any atom is -0.388 e. The van der Waals surface area contributed by atoms with E-state index in [-0.39, 0.29) is 5.56 Å². The van der Waals surface area contributed by atoms with Gasteiger partial charge in [0.2, 0.25) is 0 Å². The molecule has 0 aliphatic carbocycles. The summed E-state index contributed by atoms with van der Waals surface area (Å²) < 4.78 is 24.8. The smallest absolute Gasteiger partial charge is 0.263 e. The number of hydrogen-bond donors (Lipinski definition) is 2. The molecule has 3 N–H and O–H groups in total. The minimum atomic E-state index is -2.51. The Labute approximate surface area is 87.7 Å². The average molecular weight is 215 g/mol. The van der Waals surface area contributed by atoms with E-state index >= 15 is 0 Å². The second-order valence-electron chi connectivity index (χ2n) is 3.51. The Bertz CT molecular complexity index is 328. The van der Waals surface area contributed by atoms with Crippen molar-refractivity contribution >= 4 is 0 Å². The van der Waals surface area contributed by atoms with Gasteiger partial charge >= 0.3 is 0 Å². The summed E-state index contributed by atoms with van der Waals surface area (Å²) in [5.41, 5.74) is 6.59. The van der Waals surface area contributed by atoms with E-state index < -0.39 is 12.5 Å². The topological polar surface area (TPSA) is 46.2 Å². The summed E-state index contributed by atoms with van der Waals surface area (Å²) in [7, 11) is 0. The van der Waals surface area contributed by atoms with Crippen molar-refractivity contribution in [2.75, 3.05) is 6.54 Å². The molecule has 0 amide bonds. The van der Waals surface area contributed by atoms with Crippen LogP contribution in [0.2, 0.25) is 0 Å². The Kier molecular flexibility index (Phi) is 4.17. The SMILES string of the molecule is Cc1ccc(C(F)F)cc1C(O)CCN. The Morgan fingerprint density at radius 3 is 2.60 bits per heavy atom. The lowest BCUT2D eigenvalue weighted by molar-refractivity contribution is 0.149. The third-order valence-corrected chi connectivity index (χ3v) is 2.35. The van der Waals surface area contributed by atoms with Crippen LogP contribution in [0, 0.1) is 6.92 Å².